The molecule has 2 spiro atoms. The standard InChI is InChI=1S/C27H28N4O5/c1-28-24(34)29-18-9-10-19-20(14-18)26(11-12-26)16-27(19)23(33)31(25(35)36-27)15-22(32)30-13-5-8-21(30)17-6-3-2-4-7-17/h2-4,6-7,9-10,14,21H,5,8,11-13,15-16H2,1H3,(H2,28,29,34)/t21-,27?/m0/s1. The van der Waals surface area contributed by atoms with E-state index in [-0.39, 0.29) is 29.9 Å². The van der Waals surface area contributed by atoms with Gasteiger partial charge in [0.2, 0.25) is 11.5 Å². The SMILES string of the molecule is CNC(=O)Nc1ccc2c(c1)C1(CC1)CC21OC(=O)N(CC(=O)N2CCC[C@H]2c2ccccc2)C1=O. The Morgan fingerprint density at radius 2 is 1.86 bits per heavy atom. The van der Waals surface area contributed by atoms with E-state index in [2.05, 4.69) is 10.6 Å². The molecule has 0 radical (unpaired) electrons. The van der Waals surface area contributed by atoms with Gasteiger partial charge in [-0.15, -0.1) is 0 Å². The highest BCUT2D eigenvalue weighted by molar-refractivity contribution is 6.07. The predicted molar refractivity (Wildman–Crippen MR) is 130 cm³/mol. The lowest BCUT2D eigenvalue weighted by molar-refractivity contribution is -0.142. The molecule has 6 rings (SSSR count). The van der Waals surface area contributed by atoms with Crippen LogP contribution in [-0.4, -0.2) is 53.9 Å². The van der Waals surface area contributed by atoms with Crippen LogP contribution < -0.4 is 10.6 Å². The summed E-state index contributed by atoms with van der Waals surface area (Å²) in [6.45, 7) is 0.259. The van der Waals surface area contributed by atoms with E-state index in [4.69, 9.17) is 4.74 Å². The van der Waals surface area contributed by atoms with Gasteiger partial charge in [-0.1, -0.05) is 36.4 Å². The quantitative estimate of drug-likeness (QED) is 0.686. The summed E-state index contributed by atoms with van der Waals surface area (Å²) >= 11 is 0. The zero-order valence-electron chi connectivity index (χ0n) is 20.1. The van der Waals surface area contributed by atoms with E-state index in [0.29, 0.717) is 24.2 Å². The van der Waals surface area contributed by atoms with Crippen LogP contribution in [0.4, 0.5) is 15.3 Å². The normalized spacial score (nSPS) is 25.3. The van der Waals surface area contributed by atoms with Crippen LogP contribution in [0.2, 0.25) is 0 Å². The third kappa shape index (κ3) is 3.37. The molecule has 1 saturated carbocycles. The van der Waals surface area contributed by atoms with Crippen molar-refractivity contribution in [3.8, 4) is 0 Å². The van der Waals surface area contributed by atoms with Crippen molar-refractivity contribution in [3.63, 3.8) is 0 Å². The smallest absolute Gasteiger partial charge is 0.418 e. The lowest BCUT2D eigenvalue weighted by Crippen LogP contribution is -2.44. The number of likely N-dealkylation sites (tertiary alicyclic amines) is 1. The van der Waals surface area contributed by atoms with Gasteiger partial charge in [0, 0.05) is 36.7 Å². The topological polar surface area (TPSA) is 108 Å². The summed E-state index contributed by atoms with van der Waals surface area (Å²) in [5.74, 6) is -0.735. The molecule has 2 atom stereocenters. The summed E-state index contributed by atoms with van der Waals surface area (Å²) in [7, 11) is 1.54. The first-order valence-electron chi connectivity index (χ1n) is 12.4. The molecule has 0 aromatic heterocycles. The maximum absolute atomic E-state index is 13.8. The Hall–Kier alpha value is -3.88. The first-order chi connectivity index (χ1) is 17.4. The average molecular weight is 489 g/mol. The van der Waals surface area contributed by atoms with Gasteiger partial charge >= 0.3 is 12.1 Å². The van der Waals surface area contributed by atoms with Crippen molar-refractivity contribution in [1.29, 1.82) is 0 Å². The average Bonchev–Trinajstić information content (AvgIpc) is 3.29. The molecule has 36 heavy (non-hydrogen) atoms. The summed E-state index contributed by atoms with van der Waals surface area (Å²) in [6, 6.07) is 14.8. The molecule has 2 heterocycles. The maximum atomic E-state index is 13.8. The van der Waals surface area contributed by atoms with E-state index in [0.717, 1.165) is 41.7 Å². The Bertz CT molecular complexity index is 1270. The van der Waals surface area contributed by atoms with Gasteiger partial charge in [0.1, 0.15) is 6.54 Å². The molecule has 5 amide bonds. The zero-order valence-corrected chi connectivity index (χ0v) is 20.1. The predicted octanol–water partition coefficient (Wildman–Crippen LogP) is 3.41. The summed E-state index contributed by atoms with van der Waals surface area (Å²) < 4.78 is 5.82. The number of carbonyl (C=O) groups excluding carboxylic acids is 4. The highest BCUT2D eigenvalue weighted by Crippen LogP contribution is 2.64. The minimum absolute atomic E-state index is 0.0606. The molecule has 2 saturated heterocycles. The van der Waals surface area contributed by atoms with Gasteiger partial charge in [-0.25, -0.2) is 14.5 Å². The second kappa shape index (κ2) is 8.08. The van der Waals surface area contributed by atoms with E-state index >= 15 is 0 Å². The summed E-state index contributed by atoms with van der Waals surface area (Å²) in [5.41, 5.74) is 1.57. The Kier molecular flexibility index (Phi) is 5.07. The molecule has 9 heteroatoms. The number of rotatable bonds is 4. The number of nitrogens with one attached hydrogen (secondary N) is 2. The molecule has 2 aromatic carbocycles. The number of fused-ring (bicyclic) bond motifs is 3. The number of hydrogen-bond acceptors (Lipinski definition) is 5. The molecule has 186 valence electrons. The monoisotopic (exact) mass is 488 g/mol. The summed E-state index contributed by atoms with van der Waals surface area (Å²) in [5, 5.41) is 5.29. The Morgan fingerprint density at radius 1 is 1.08 bits per heavy atom. The molecule has 4 aliphatic rings. The second-order valence-corrected chi connectivity index (χ2v) is 10.2. The summed E-state index contributed by atoms with van der Waals surface area (Å²) in [6.07, 6.45) is 3.06. The molecule has 2 N–H and O–H groups in total. The molecule has 2 aliphatic carbocycles. The largest absolute Gasteiger partial charge is 0.427 e. The fourth-order valence-corrected chi connectivity index (χ4v) is 6.15. The second-order valence-electron chi connectivity index (χ2n) is 10.2. The third-order valence-electron chi connectivity index (χ3n) is 8.08. The Balaban J connectivity index is 1.25. The van der Waals surface area contributed by atoms with Crippen LogP contribution in [0.5, 0.6) is 0 Å². The van der Waals surface area contributed by atoms with Crippen molar-refractivity contribution in [2.45, 2.75) is 49.2 Å². The molecule has 0 bridgehead atoms. The van der Waals surface area contributed by atoms with Gasteiger partial charge in [0.25, 0.3) is 5.91 Å². The van der Waals surface area contributed by atoms with E-state index in [1.54, 1.807) is 17.0 Å². The van der Waals surface area contributed by atoms with Gasteiger partial charge < -0.3 is 20.3 Å². The first-order valence-corrected chi connectivity index (χ1v) is 12.4. The number of anilines is 1. The maximum Gasteiger partial charge on any atom is 0.418 e. The van der Waals surface area contributed by atoms with Gasteiger partial charge in [0.05, 0.1) is 6.04 Å². The molecular formula is C27H28N4O5. The molecule has 2 aliphatic heterocycles. The van der Waals surface area contributed by atoms with E-state index in [1.807, 2.05) is 36.4 Å². The number of carbonyl (C=O) groups is 4. The minimum Gasteiger partial charge on any atom is -0.427 e. The van der Waals surface area contributed by atoms with Crippen LogP contribution in [0.3, 0.4) is 0 Å². The fraction of sp³-hybridized carbons (Fsp3) is 0.407. The van der Waals surface area contributed by atoms with Gasteiger partial charge in [0.15, 0.2) is 0 Å². The zero-order chi connectivity index (χ0) is 25.1. The number of urea groups is 1. The minimum atomic E-state index is -1.42. The first kappa shape index (κ1) is 22.6. The third-order valence-corrected chi connectivity index (χ3v) is 8.08. The van der Waals surface area contributed by atoms with E-state index in [9.17, 15) is 19.2 Å². The summed E-state index contributed by atoms with van der Waals surface area (Å²) in [4.78, 5) is 54.6. The van der Waals surface area contributed by atoms with Gasteiger partial charge in [-0.05, 0) is 48.9 Å². The highest BCUT2D eigenvalue weighted by Gasteiger charge is 2.67. The van der Waals surface area contributed by atoms with Crippen molar-refractivity contribution in [2.75, 3.05) is 25.5 Å². The number of hydrogen-bond donors (Lipinski definition) is 2. The van der Waals surface area contributed by atoms with Crippen molar-refractivity contribution in [2.24, 2.45) is 0 Å². The number of nitrogens with zero attached hydrogens (tertiary/aromatic N) is 2. The van der Waals surface area contributed by atoms with Crippen LogP contribution in [-0.2, 0) is 25.3 Å². The molecule has 2 aromatic rings. The van der Waals surface area contributed by atoms with Crippen molar-refractivity contribution < 1.29 is 23.9 Å². The van der Waals surface area contributed by atoms with Gasteiger partial charge in [-0.3, -0.25) is 9.59 Å². The lowest BCUT2D eigenvalue weighted by atomic mass is 9.94. The number of imide groups is 1. The Labute approximate surface area is 208 Å². The number of benzene rings is 2. The Morgan fingerprint density at radius 3 is 2.58 bits per heavy atom. The fourth-order valence-electron chi connectivity index (χ4n) is 6.15. The number of amides is 5. The lowest BCUT2D eigenvalue weighted by Gasteiger charge is -2.26. The van der Waals surface area contributed by atoms with Crippen LogP contribution in [0.15, 0.2) is 48.5 Å². The van der Waals surface area contributed by atoms with Crippen LogP contribution in [0.1, 0.15) is 54.8 Å². The molecule has 1 unspecified atom stereocenters. The van der Waals surface area contributed by atoms with E-state index < -0.39 is 17.6 Å². The molecule has 9 nitrogen and oxygen atoms in total. The van der Waals surface area contributed by atoms with Crippen molar-refractivity contribution in [3.05, 3.63) is 65.2 Å². The molecular weight excluding hydrogens is 460 g/mol. The van der Waals surface area contributed by atoms with E-state index in [1.165, 1.54) is 7.05 Å². The van der Waals surface area contributed by atoms with Crippen LogP contribution in [0, 0.1) is 0 Å². The number of ether oxygens (including phenoxy) is 1. The highest BCUT2D eigenvalue weighted by atomic mass is 16.6. The molecule has 3 fully saturated rings. The van der Waals surface area contributed by atoms with Crippen LogP contribution >= 0.6 is 0 Å². The van der Waals surface area contributed by atoms with Crippen molar-refractivity contribution >= 4 is 29.6 Å². The van der Waals surface area contributed by atoms with Gasteiger partial charge in [-0.2, -0.15) is 0 Å². The van der Waals surface area contributed by atoms with Crippen molar-refractivity contribution in [1.82, 2.24) is 15.1 Å². The van der Waals surface area contributed by atoms with Crippen LogP contribution in [0.25, 0.3) is 0 Å².